The summed E-state index contributed by atoms with van der Waals surface area (Å²) < 4.78 is 2.07. The van der Waals surface area contributed by atoms with Crippen molar-refractivity contribution in [3.8, 4) is 0 Å². The number of aromatic nitrogens is 3. The molecule has 0 aliphatic carbocycles. The highest BCUT2D eigenvalue weighted by Gasteiger charge is 2.16. The lowest BCUT2D eigenvalue weighted by atomic mass is 10.1. The van der Waals surface area contributed by atoms with E-state index < -0.39 is 0 Å². The Labute approximate surface area is 148 Å². The van der Waals surface area contributed by atoms with Crippen LogP contribution in [0, 0.1) is 20.8 Å². The zero-order valence-electron chi connectivity index (χ0n) is 15.3. The molecule has 2 rings (SSSR count). The van der Waals surface area contributed by atoms with Crippen LogP contribution in [0.2, 0.25) is 0 Å². The Morgan fingerprint density at radius 3 is 2.38 bits per heavy atom. The number of carbonyl (C=O) groups is 1. The molecular formula is C18H26N4OS. The number of thioether (sulfide) groups is 1. The Hall–Kier alpha value is -1.82. The number of aryl methyl sites for hydroxylation is 3. The number of anilines is 1. The molecule has 1 heterocycles. The summed E-state index contributed by atoms with van der Waals surface area (Å²) in [6, 6.07) is 4.16. The van der Waals surface area contributed by atoms with Gasteiger partial charge in [-0.2, -0.15) is 0 Å². The minimum absolute atomic E-state index is 0.0215. The Morgan fingerprint density at radius 2 is 1.83 bits per heavy atom. The highest BCUT2D eigenvalue weighted by Crippen LogP contribution is 2.24. The number of hydrogen-bond donors (Lipinski definition) is 1. The lowest BCUT2D eigenvalue weighted by Crippen LogP contribution is -2.16. The molecule has 1 amide bonds. The molecule has 24 heavy (non-hydrogen) atoms. The fourth-order valence-corrected chi connectivity index (χ4v) is 3.62. The lowest BCUT2D eigenvalue weighted by Gasteiger charge is -2.13. The van der Waals surface area contributed by atoms with E-state index >= 15 is 0 Å². The minimum Gasteiger partial charge on any atom is -0.325 e. The predicted octanol–water partition coefficient (Wildman–Crippen LogP) is 4.08. The van der Waals surface area contributed by atoms with Crippen molar-refractivity contribution in [2.24, 2.45) is 0 Å². The molecule has 0 aliphatic rings. The zero-order valence-corrected chi connectivity index (χ0v) is 16.1. The number of rotatable bonds is 6. The number of nitrogens with zero attached hydrogens (tertiary/aromatic N) is 3. The van der Waals surface area contributed by atoms with Gasteiger partial charge < -0.3 is 9.88 Å². The van der Waals surface area contributed by atoms with E-state index in [-0.39, 0.29) is 5.91 Å². The van der Waals surface area contributed by atoms with Crippen molar-refractivity contribution in [3.63, 3.8) is 0 Å². The third-order valence-electron chi connectivity index (χ3n) is 3.85. The van der Waals surface area contributed by atoms with Crippen molar-refractivity contribution < 1.29 is 4.79 Å². The molecule has 0 atom stereocenters. The fourth-order valence-electron chi connectivity index (χ4n) is 2.81. The molecule has 1 aromatic heterocycles. The molecule has 0 spiro atoms. The summed E-state index contributed by atoms with van der Waals surface area (Å²) >= 11 is 1.43. The van der Waals surface area contributed by atoms with Gasteiger partial charge in [-0.05, 0) is 38.8 Å². The van der Waals surface area contributed by atoms with Gasteiger partial charge >= 0.3 is 0 Å². The summed E-state index contributed by atoms with van der Waals surface area (Å²) in [6.07, 6.45) is 0. The van der Waals surface area contributed by atoms with Crippen molar-refractivity contribution in [1.29, 1.82) is 0 Å². The normalized spacial score (nSPS) is 11.1. The average Bonchev–Trinajstić information content (AvgIpc) is 2.91. The maximum absolute atomic E-state index is 12.3. The summed E-state index contributed by atoms with van der Waals surface area (Å²) in [6.45, 7) is 13.2. The molecule has 0 unspecified atom stereocenters. The standard InChI is InChI=1S/C18H26N4OS/c1-7-22-17(11(2)3)20-21-18(22)24-10-15(23)19-16-13(5)8-12(4)9-14(16)6/h8-9,11H,7,10H2,1-6H3,(H,19,23). The van der Waals surface area contributed by atoms with Crippen LogP contribution in [-0.2, 0) is 11.3 Å². The topological polar surface area (TPSA) is 59.8 Å². The van der Waals surface area contributed by atoms with Crippen LogP contribution < -0.4 is 5.32 Å². The molecule has 0 fully saturated rings. The van der Waals surface area contributed by atoms with Gasteiger partial charge in [0.25, 0.3) is 0 Å². The molecule has 2 aromatic rings. The first-order chi connectivity index (χ1) is 11.3. The summed E-state index contributed by atoms with van der Waals surface area (Å²) in [5, 5.41) is 12.3. The average molecular weight is 347 g/mol. The maximum Gasteiger partial charge on any atom is 0.234 e. The highest BCUT2D eigenvalue weighted by molar-refractivity contribution is 7.99. The lowest BCUT2D eigenvalue weighted by molar-refractivity contribution is -0.113. The number of nitrogens with one attached hydrogen (secondary N) is 1. The third-order valence-corrected chi connectivity index (χ3v) is 4.82. The van der Waals surface area contributed by atoms with Crippen LogP contribution in [0.4, 0.5) is 5.69 Å². The van der Waals surface area contributed by atoms with E-state index in [1.807, 2.05) is 13.8 Å². The highest BCUT2D eigenvalue weighted by atomic mass is 32.2. The second-order valence-corrected chi connectivity index (χ2v) is 7.29. The molecule has 0 radical (unpaired) electrons. The molecule has 0 aliphatic heterocycles. The number of hydrogen-bond acceptors (Lipinski definition) is 4. The summed E-state index contributed by atoms with van der Waals surface area (Å²) in [5.74, 6) is 1.58. The molecule has 5 nitrogen and oxygen atoms in total. The predicted molar refractivity (Wildman–Crippen MR) is 99.8 cm³/mol. The Morgan fingerprint density at radius 1 is 1.21 bits per heavy atom. The minimum atomic E-state index is -0.0215. The van der Waals surface area contributed by atoms with E-state index in [1.165, 1.54) is 17.3 Å². The largest absolute Gasteiger partial charge is 0.325 e. The van der Waals surface area contributed by atoms with E-state index in [9.17, 15) is 4.79 Å². The van der Waals surface area contributed by atoms with E-state index in [1.54, 1.807) is 0 Å². The van der Waals surface area contributed by atoms with Crippen molar-refractivity contribution >= 4 is 23.4 Å². The van der Waals surface area contributed by atoms with E-state index in [0.29, 0.717) is 11.7 Å². The molecule has 6 heteroatoms. The van der Waals surface area contributed by atoms with Gasteiger partial charge in [0.15, 0.2) is 5.16 Å². The van der Waals surface area contributed by atoms with Gasteiger partial charge in [-0.3, -0.25) is 4.79 Å². The summed E-state index contributed by atoms with van der Waals surface area (Å²) in [4.78, 5) is 12.3. The van der Waals surface area contributed by atoms with E-state index in [2.05, 4.69) is 59.9 Å². The molecule has 130 valence electrons. The second kappa shape index (κ2) is 7.83. The van der Waals surface area contributed by atoms with Crippen molar-refractivity contribution in [2.75, 3.05) is 11.1 Å². The molecular weight excluding hydrogens is 320 g/mol. The summed E-state index contributed by atoms with van der Waals surface area (Å²) in [5.41, 5.74) is 4.29. The molecule has 1 N–H and O–H groups in total. The first-order valence-electron chi connectivity index (χ1n) is 8.27. The van der Waals surface area contributed by atoms with Crippen molar-refractivity contribution in [2.45, 2.75) is 59.2 Å². The summed E-state index contributed by atoms with van der Waals surface area (Å²) in [7, 11) is 0. The van der Waals surface area contributed by atoms with Crippen LogP contribution in [0.5, 0.6) is 0 Å². The molecule has 0 saturated heterocycles. The molecule has 0 bridgehead atoms. The van der Waals surface area contributed by atoms with E-state index in [4.69, 9.17) is 0 Å². The number of benzene rings is 1. The van der Waals surface area contributed by atoms with Gasteiger partial charge in [-0.15, -0.1) is 10.2 Å². The van der Waals surface area contributed by atoms with Gasteiger partial charge in [0.2, 0.25) is 5.91 Å². The van der Waals surface area contributed by atoms with Crippen molar-refractivity contribution in [3.05, 3.63) is 34.6 Å². The van der Waals surface area contributed by atoms with Crippen LogP contribution in [0.25, 0.3) is 0 Å². The van der Waals surface area contributed by atoms with Gasteiger partial charge in [0.05, 0.1) is 5.75 Å². The first-order valence-corrected chi connectivity index (χ1v) is 9.25. The van der Waals surface area contributed by atoms with Gasteiger partial charge in [-0.1, -0.05) is 43.3 Å². The number of carbonyl (C=O) groups excluding carboxylic acids is 1. The first kappa shape index (κ1) is 18.5. The Kier molecular flexibility index (Phi) is 6.04. The van der Waals surface area contributed by atoms with Crippen LogP contribution in [-0.4, -0.2) is 26.4 Å². The quantitative estimate of drug-likeness (QED) is 0.801. The van der Waals surface area contributed by atoms with Crippen LogP contribution >= 0.6 is 11.8 Å². The molecule has 0 saturated carbocycles. The SMILES string of the molecule is CCn1c(SCC(=O)Nc2c(C)cc(C)cc2C)nnc1C(C)C. The third kappa shape index (κ3) is 4.17. The van der Waals surface area contributed by atoms with Gasteiger partial charge in [-0.25, -0.2) is 0 Å². The van der Waals surface area contributed by atoms with E-state index in [0.717, 1.165) is 34.3 Å². The van der Waals surface area contributed by atoms with Crippen LogP contribution in [0.15, 0.2) is 17.3 Å². The Bertz CT molecular complexity index is 714. The van der Waals surface area contributed by atoms with Crippen LogP contribution in [0.3, 0.4) is 0 Å². The maximum atomic E-state index is 12.3. The fraction of sp³-hybridized carbons (Fsp3) is 0.500. The monoisotopic (exact) mass is 346 g/mol. The smallest absolute Gasteiger partial charge is 0.234 e. The molecule has 1 aromatic carbocycles. The van der Waals surface area contributed by atoms with Gasteiger partial charge in [0.1, 0.15) is 5.82 Å². The van der Waals surface area contributed by atoms with Crippen LogP contribution in [0.1, 0.15) is 49.2 Å². The van der Waals surface area contributed by atoms with Gasteiger partial charge in [0, 0.05) is 18.2 Å². The second-order valence-electron chi connectivity index (χ2n) is 6.35. The zero-order chi connectivity index (χ0) is 17.9. The Balaban J connectivity index is 2.04. The van der Waals surface area contributed by atoms with Crippen molar-refractivity contribution in [1.82, 2.24) is 14.8 Å². The number of amides is 1.